The number of carboxylic acids is 1. The minimum atomic E-state index is -5.09. The highest BCUT2D eigenvalue weighted by Crippen LogP contribution is 2.40. The van der Waals surface area contributed by atoms with Gasteiger partial charge in [0.15, 0.2) is 0 Å². The number of hydrogen-bond donors (Lipinski definition) is 3. The van der Waals surface area contributed by atoms with E-state index in [0.717, 1.165) is 0 Å². The molecule has 0 spiro atoms. The van der Waals surface area contributed by atoms with E-state index in [1.165, 1.54) is 18.5 Å². The van der Waals surface area contributed by atoms with Crippen molar-refractivity contribution >= 4 is 23.4 Å². The van der Waals surface area contributed by atoms with Crippen LogP contribution in [0.4, 0.5) is 43.8 Å². The molecule has 2 heterocycles. The zero-order valence-corrected chi connectivity index (χ0v) is 15.8. The first-order valence-electron chi connectivity index (χ1n) is 8.74. The van der Waals surface area contributed by atoms with Gasteiger partial charge >= 0.3 is 18.3 Å². The molecule has 3 aromatic rings. The molecule has 0 aliphatic rings. The summed E-state index contributed by atoms with van der Waals surface area (Å²) in [6, 6.07) is 5.51. The number of carboxylic acid groups (broad SMARTS) is 1. The predicted octanol–water partition coefficient (Wildman–Crippen LogP) is 4.82. The quantitative estimate of drug-likeness (QED) is 0.457. The highest BCUT2D eigenvalue weighted by molar-refractivity contribution is 5.73. The molecule has 32 heavy (non-hydrogen) atoms. The van der Waals surface area contributed by atoms with Crippen molar-refractivity contribution < 1.29 is 36.2 Å². The van der Waals surface area contributed by atoms with E-state index in [1.807, 2.05) is 0 Å². The van der Waals surface area contributed by atoms with E-state index in [0.29, 0.717) is 17.7 Å². The first kappa shape index (κ1) is 22.8. The van der Waals surface area contributed by atoms with Crippen molar-refractivity contribution in [1.82, 2.24) is 15.0 Å². The first-order chi connectivity index (χ1) is 14.9. The Labute approximate surface area is 176 Å². The van der Waals surface area contributed by atoms with Gasteiger partial charge in [0, 0.05) is 24.0 Å². The van der Waals surface area contributed by atoms with E-state index in [9.17, 15) is 31.1 Å². The third kappa shape index (κ3) is 5.62. The number of aromatic nitrogens is 3. The Bertz CT molecular complexity index is 1120. The Morgan fingerprint density at radius 2 is 1.62 bits per heavy atom. The third-order valence-electron chi connectivity index (χ3n) is 4.01. The van der Waals surface area contributed by atoms with Gasteiger partial charge in [-0.15, -0.1) is 0 Å². The van der Waals surface area contributed by atoms with Crippen LogP contribution in [0.15, 0.2) is 48.8 Å². The Morgan fingerprint density at radius 1 is 0.938 bits per heavy atom. The van der Waals surface area contributed by atoms with Crippen molar-refractivity contribution in [3.63, 3.8) is 0 Å². The molecule has 0 bridgehead atoms. The molecule has 0 aliphatic carbocycles. The van der Waals surface area contributed by atoms with Crippen LogP contribution in [0.25, 0.3) is 11.3 Å². The number of nitrogens with one attached hydrogen (secondary N) is 2. The van der Waals surface area contributed by atoms with Gasteiger partial charge in [0.05, 0.1) is 22.5 Å². The number of nitrogens with zero attached hydrogens (tertiary/aromatic N) is 3. The summed E-state index contributed by atoms with van der Waals surface area (Å²) in [7, 11) is 0. The SMILES string of the molecule is O=C(O)CNc1nc(Nc2ccc(C(F)(F)F)cc2C(F)(F)F)cc(-c2ccncc2)n1. The third-order valence-corrected chi connectivity index (χ3v) is 4.01. The zero-order valence-electron chi connectivity index (χ0n) is 15.8. The maximum absolute atomic E-state index is 13.4. The van der Waals surface area contributed by atoms with Crippen molar-refractivity contribution in [2.45, 2.75) is 12.4 Å². The van der Waals surface area contributed by atoms with Crippen LogP contribution in [0, 0.1) is 0 Å². The fourth-order valence-electron chi connectivity index (χ4n) is 2.62. The number of anilines is 3. The van der Waals surface area contributed by atoms with E-state index in [-0.39, 0.29) is 23.5 Å². The largest absolute Gasteiger partial charge is 0.480 e. The minimum Gasteiger partial charge on any atom is -0.480 e. The molecule has 2 aromatic heterocycles. The van der Waals surface area contributed by atoms with Crippen molar-refractivity contribution in [3.05, 3.63) is 59.9 Å². The molecule has 0 unspecified atom stereocenters. The number of hydrogen-bond acceptors (Lipinski definition) is 6. The summed E-state index contributed by atoms with van der Waals surface area (Å²) in [6.45, 7) is -0.576. The van der Waals surface area contributed by atoms with Gasteiger partial charge in [-0.05, 0) is 30.3 Å². The monoisotopic (exact) mass is 457 g/mol. The molecule has 3 rings (SSSR count). The van der Waals surface area contributed by atoms with Crippen LogP contribution in [0.2, 0.25) is 0 Å². The van der Waals surface area contributed by atoms with Crippen LogP contribution >= 0.6 is 0 Å². The molecule has 3 N–H and O–H groups in total. The Kier molecular flexibility index (Phi) is 6.18. The molecular formula is C19H13F6N5O2. The molecule has 0 amide bonds. The second kappa shape index (κ2) is 8.69. The molecule has 0 radical (unpaired) electrons. The summed E-state index contributed by atoms with van der Waals surface area (Å²) < 4.78 is 78.9. The van der Waals surface area contributed by atoms with Crippen LogP contribution in [0.5, 0.6) is 0 Å². The van der Waals surface area contributed by atoms with Gasteiger partial charge in [-0.2, -0.15) is 31.3 Å². The number of carbonyl (C=O) groups is 1. The van der Waals surface area contributed by atoms with Crippen LogP contribution < -0.4 is 10.6 Å². The fraction of sp³-hybridized carbons (Fsp3) is 0.158. The normalized spacial score (nSPS) is 11.8. The Morgan fingerprint density at radius 3 is 2.22 bits per heavy atom. The van der Waals surface area contributed by atoms with E-state index < -0.39 is 41.7 Å². The van der Waals surface area contributed by atoms with Gasteiger partial charge in [-0.3, -0.25) is 9.78 Å². The summed E-state index contributed by atoms with van der Waals surface area (Å²) >= 11 is 0. The lowest BCUT2D eigenvalue weighted by Crippen LogP contribution is -2.16. The molecule has 0 fully saturated rings. The second-order valence-corrected chi connectivity index (χ2v) is 6.33. The van der Waals surface area contributed by atoms with Crippen molar-refractivity contribution in [3.8, 4) is 11.3 Å². The smallest absolute Gasteiger partial charge is 0.418 e. The van der Waals surface area contributed by atoms with Gasteiger partial charge in [0.1, 0.15) is 12.4 Å². The van der Waals surface area contributed by atoms with Gasteiger partial charge in [-0.1, -0.05) is 0 Å². The molecule has 0 atom stereocenters. The molecule has 13 heteroatoms. The lowest BCUT2D eigenvalue weighted by Gasteiger charge is -2.17. The lowest BCUT2D eigenvalue weighted by atomic mass is 10.1. The van der Waals surface area contributed by atoms with Crippen LogP contribution in [-0.2, 0) is 17.1 Å². The van der Waals surface area contributed by atoms with Crippen molar-refractivity contribution in [2.75, 3.05) is 17.2 Å². The number of benzene rings is 1. The number of pyridine rings is 1. The van der Waals surface area contributed by atoms with Gasteiger partial charge in [-0.25, -0.2) is 4.98 Å². The van der Waals surface area contributed by atoms with E-state index in [4.69, 9.17) is 5.11 Å². The standard InChI is InChI=1S/C19H13F6N5O2/c20-18(21,22)11-1-2-13(12(7-11)19(23,24)25)28-15-8-14(10-3-5-26-6-4-10)29-17(30-15)27-9-16(31)32/h1-8H,9H2,(H,31,32)(H2,27,28,29,30). The van der Waals surface area contributed by atoms with Crippen LogP contribution in [0.1, 0.15) is 11.1 Å². The fourth-order valence-corrected chi connectivity index (χ4v) is 2.62. The topological polar surface area (TPSA) is 100 Å². The number of halogens is 6. The summed E-state index contributed by atoms with van der Waals surface area (Å²) in [5, 5.41) is 13.6. The second-order valence-electron chi connectivity index (χ2n) is 6.33. The molecule has 1 aromatic carbocycles. The Balaban J connectivity index is 2.05. The lowest BCUT2D eigenvalue weighted by molar-refractivity contribution is -0.142. The number of aliphatic carboxylic acids is 1. The predicted molar refractivity (Wildman–Crippen MR) is 101 cm³/mol. The van der Waals surface area contributed by atoms with E-state index in [1.54, 1.807) is 12.1 Å². The van der Waals surface area contributed by atoms with Crippen LogP contribution in [0.3, 0.4) is 0 Å². The minimum absolute atomic E-state index is 0.00309. The van der Waals surface area contributed by atoms with E-state index in [2.05, 4.69) is 25.6 Å². The zero-order chi connectivity index (χ0) is 23.5. The molecule has 0 saturated carbocycles. The molecule has 0 aliphatic heterocycles. The summed E-state index contributed by atoms with van der Waals surface area (Å²) in [5.74, 6) is -1.66. The highest BCUT2D eigenvalue weighted by Gasteiger charge is 2.38. The van der Waals surface area contributed by atoms with Crippen molar-refractivity contribution in [1.29, 1.82) is 0 Å². The van der Waals surface area contributed by atoms with E-state index >= 15 is 0 Å². The molecule has 7 nitrogen and oxygen atoms in total. The molecule has 0 saturated heterocycles. The molecule has 168 valence electrons. The van der Waals surface area contributed by atoms with Gasteiger partial charge in [0.25, 0.3) is 0 Å². The summed E-state index contributed by atoms with van der Waals surface area (Å²) in [4.78, 5) is 22.7. The molecular weight excluding hydrogens is 444 g/mol. The maximum Gasteiger partial charge on any atom is 0.418 e. The van der Waals surface area contributed by atoms with Gasteiger partial charge < -0.3 is 15.7 Å². The first-order valence-corrected chi connectivity index (χ1v) is 8.74. The summed E-state index contributed by atoms with van der Waals surface area (Å²) in [6.07, 6.45) is -7.18. The van der Waals surface area contributed by atoms with Gasteiger partial charge in [0.2, 0.25) is 5.95 Å². The highest BCUT2D eigenvalue weighted by atomic mass is 19.4. The number of rotatable bonds is 6. The van der Waals surface area contributed by atoms with Crippen molar-refractivity contribution in [2.24, 2.45) is 0 Å². The Hall–Kier alpha value is -3.90. The average Bonchev–Trinajstić information content (AvgIpc) is 2.71. The van der Waals surface area contributed by atoms with Crippen LogP contribution in [-0.4, -0.2) is 32.6 Å². The average molecular weight is 457 g/mol. The summed E-state index contributed by atoms with van der Waals surface area (Å²) in [5.41, 5.74) is -2.98. The maximum atomic E-state index is 13.4. The number of alkyl halides is 6.